The summed E-state index contributed by atoms with van der Waals surface area (Å²) in [5, 5.41) is 6.77. The molecule has 0 aliphatic heterocycles. The number of thiazole rings is 1. The molecule has 1 saturated carbocycles. The average Bonchev–Trinajstić information content (AvgIpc) is 3.36. The van der Waals surface area contributed by atoms with E-state index in [1.54, 1.807) is 0 Å². The molecule has 0 spiro atoms. The minimum atomic E-state index is -0.168. The number of hydrogen-bond acceptors (Lipinski definition) is 6. The Morgan fingerprint density at radius 3 is 2.84 bits per heavy atom. The molecule has 6 nitrogen and oxygen atoms in total. The van der Waals surface area contributed by atoms with Crippen molar-refractivity contribution in [3.63, 3.8) is 0 Å². The van der Waals surface area contributed by atoms with Crippen LogP contribution in [0.5, 0.6) is 0 Å². The van der Waals surface area contributed by atoms with E-state index < -0.39 is 0 Å². The summed E-state index contributed by atoms with van der Waals surface area (Å²) in [7, 11) is 0. The molecular formula is C18H18N4O2S. The van der Waals surface area contributed by atoms with E-state index in [4.69, 9.17) is 4.52 Å². The standard InChI is InChI=1S/C18H18N4O2S/c23-15(20-13-8-2-1-3-9-13)10-14-21-18(24-22-14)17-16(19-11-25-17)12-6-4-5-7-12/h1-3,8-9,11-12H,4-7,10H2,(H,20,23). The Kier molecular flexibility index (Phi) is 4.56. The molecule has 2 aromatic heterocycles. The third-order valence-corrected chi connectivity index (χ3v) is 5.21. The molecule has 1 N–H and O–H groups in total. The lowest BCUT2D eigenvalue weighted by Crippen LogP contribution is -2.15. The number of nitrogens with zero attached hydrogens (tertiary/aromatic N) is 3. The molecule has 1 aromatic carbocycles. The Bertz CT molecular complexity index is 853. The Morgan fingerprint density at radius 2 is 2.04 bits per heavy atom. The van der Waals surface area contributed by atoms with Gasteiger partial charge in [-0.15, -0.1) is 11.3 Å². The minimum Gasteiger partial charge on any atom is -0.333 e. The van der Waals surface area contributed by atoms with Crippen LogP contribution in [0.4, 0.5) is 5.69 Å². The van der Waals surface area contributed by atoms with Gasteiger partial charge in [-0.05, 0) is 25.0 Å². The van der Waals surface area contributed by atoms with Crippen LogP contribution >= 0.6 is 11.3 Å². The lowest BCUT2D eigenvalue weighted by Gasteiger charge is -2.05. The largest absolute Gasteiger partial charge is 0.333 e. The number of anilines is 1. The van der Waals surface area contributed by atoms with Crippen molar-refractivity contribution in [2.24, 2.45) is 0 Å². The van der Waals surface area contributed by atoms with Crippen LogP contribution in [0.1, 0.15) is 43.1 Å². The summed E-state index contributed by atoms with van der Waals surface area (Å²) in [4.78, 5) is 22.0. The lowest BCUT2D eigenvalue weighted by molar-refractivity contribution is -0.115. The van der Waals surface area contributed by atoms with Gasteiger partial charge in [0.25, 0.3) is 5.89 Å². The number of carbonyl (C=O) groups is 1. The van der Waals surface area contributed by atoms with E-state index in [-0.39, 0.29) is 12.3 Å². The number of hydrogen-bond donors (Lipinski definition) is 1. The first-order chi connectivity index (χ1) is 12.3. The molecule has 7 heteroatoms. The smallest absolute Gasteiger partial charge is 0.269 e. The number of nitrogens with one attached hydrogen (secondary N) is 1. The van der Waals surface area contributed by atoms with E-state index in [0.29, 0.717) is 17.6 Å². The maximum atomic E-state index is 12.1. The van der Waals surface area contributed by atoms with Gasteiger partial charge >= 0.3 is 0 Å². The maximum Gasteiger partial charge on any atom is 0.269 e. The molecule has 1 amide bonds. The molecule has 0 radical (unpaired) electrons. The molecule has 4 rings (SSSR count). The van der Waals surface area contributed by atoms with Gasteiger partial charge in [0.05, 0.1) is 17.6 Å². The fraction of sp³-hybridized carbons (Fsp3) is 0.333. The number of para-hydroxylation sites is 1. The van der Waals surface area contributed by atoms with Crippen LogP contribution in [-0.4, -0.2) is 21.0 Å². The van der Waals surface area contributed by atoms with Gasteiger partial charge in [0.1, 0.15) is 4.88 Å². The number of amides is 1. The molecule has 3 aromatic rings. The predicted molar refractivity (Wildman–Crippen MR) is 95.4 cm³/mol. The van der Waals surface area contributed by atoms with Gasteiger partial charge in [-0.3, -0.25) is 4.79 Å². The fourth-order valence-electron chi connectivity index (χ4n) is 3.19. The van der Waals surface area contributed by atoms with Gasteiger partial charge in [0.2, 0.25) is 5.91 Å². The number of rotatable bonds is 5. The van der Waals surface area contributed by atoms with Crippen molar-refractivity contribution >= 4 is 22.9 Å². The van der Waals surface area contributed by atoms with Crippen molar-refractivity contribution in [2.45, 2.75) is 38.0 Å². The zero-order chi connectivity index (χ0) is 17.1. The molecule has 25 heavy (non-hydrogen) atoms. The van der Waals surface area contributed by atoms with E-state index in [0.717, 1.165) is 29.1 Å². The molecule has 1 fully saturated rings. The quantitative estimate of drug-likeness (QED) is 0.748. The Hall–Kier alpha value is -2.54. The summed E-state index contributed by atoms with van der Waals surface area (Å²) in [6, 6.07) is 9.32. The highest BCUT2D eigenvalue weighted by molar-refractivity contribution is 7.13. The van der Waals surface area contributed by atoms with Gasteiger partial charge in [-0.25, -0.2) is 4.98 Å². The van der Waals surface area contributed by atoms with Crippen molar-refractivity contribution in [1.29, 1.82) is 0 Å². The molecule has 1 aliphatic carbocycles. The summed E-state index contributed by atoms with van der Waals surface area (Å²) in [6.45, 7) is 0. The van der Waals surface area contributed by atoms with Gasteiger partial charge < -0.3 is 9.84 Å². The summed E-state index contributed by atoms with van der Waals surface area (Å²) in [5.74, 6) is 1.16. The van der Waals surface area contributed by atoms with Crippen LogP contribution in [0.15, 0.2) is 40.4 Å². The number of aromatic nitrogens is 3. The van der Waals surface area contributed by atoms with Crippen LogP contribution < -0.4 is 5.32 Å². The second kappa shape index (κ2) is 7.14. The second-order valence-electron chi connectivity index (χ2n) is 6.15. The highest BCUT2D eigenvalue weighted by atomic mass is 32.1. The van der Waals surface area contributed by atoms with Crippen LogP contribution in [0.25, 0.3) is 10.8 Å². The van der Waals surface area contributed by atoms with Crippen molar-refractivity contribution in [1.82, 2.24) is 15.1 Å². The highest BCUT2D eigenvalue weighted by Gasteiger charge is 2.25. The van der Waals surface area contributed by atoms with Crippen molar-refractivity contribution in [3.8, 4) is 10.8 Å². The number of benzene rings is 1. The van der Waals surface area contributed by atoms with E-state index in [2.05, 4.69) is 20.4 Å². The predicted octanol–water partition coefficient (Wildman–Crippen LogP) is 4.03. The summed E-state index contributed by atoms with van der Waals surface area (Å²) < 4.78 is 5.39. The zero-order valence-electron chi connectivity index (χ0n) is 13.6. The van der Waals surface area contributed by atoms with Gasteiger partial charge in [0.15, 0.2) is 5.82 Å². The maximum absolute atomic E-state index is 12.1. The van der Waals surface area contributed by atoms with Gasteiger partial charge in [-0.1, -0.05) is 36.2 Å². The molecule has 128 valence electrons. The molecular weight excluding hydrogens is 336 g/mol. The van der Waals surface area contributed by atoms with E-state index in [1.807, 2.05) is 35.8 Å². The topological polar surface area (TPSA) is 80.9 Å². The van der Waals surface area contributed by atoms with Crippen molar-refractivity contribution in [2.75, 3.05) is 5.32 Å². The van der Waals surface area contributed by atoms with Gasteiger partial charge in [-0.2, -0.15) is 4.98 Å². The SMILES string of the molecule is O=C(Cc1noc(-c2scnc2C2CCCC2)n1)Nc1ccccc1. The Morgan fingerprint density at radius 1 is 1.24 bits per heavy atom. The first-order valence-corrected chi connectivity index (χ1v) is 9.29. The van der Waals surface area contributed by atoms with E-state index in [1.165, 1.54) is 24.2 Å². The summed E-state index contributed by atoms with van der Waals surface area (Å²) >= 11 is 1.52. The highest BCUT2D eigenvalue weighted by Crippen LogP contribution is 2.39. The third-order valence-electron chi connectivity index (χ3n) is 4.38. The molecule has 2 heterocycles. The minimum absolute atomic E-state index is 0.0793. The number of carbonyl (C=O) groups excluding carboxylic acids is 1. The molecule has 1 aliphatic rings. The van der Waals surface area contributed by atoms with Gasteiger partial charge in [0, 0.05) is 11.6 Å². The normalized spacial score (nSPS) is 14.7. The Balaban J connectivity index is 1.46. The van der Waals surface area contributed by atoms with Crippen LogP contribution in [0.3, 0.4) is 0 Å². The second-order valence-corrected chi connectivity index (χ2v) is 7.01. The molecule has 0 saturated heterocycles. The third kappa shape index (κ3) is 3.61. The monoisotopic (exact) mass is 354 g/mol. The van der Waals surface area contributed by atoms with Crippen LogP contribution in [-0.2, 0) is 11.2 Å². The summed E-state index contributed by atoms with van der Waals surface area (Å²) in [6.07, 6.45) is 4.90. The van der Waals surface area contributed by atoms with E-state index in [9.17, 15) is 4.79 Å². The molecule has 0 atom stereocenters. The van der Waals surface area contributed by atoms with Crippen molar-refractivity contribution < 1.29 is 9.32 Å². The van der Waals surface area contributed by atoms with Crippen LogP contribution in [0.2, 0.25) is 0 Å². The summed E-state index contributed by atoms with van der Waals surface area (Å²) in [5.41, 5.74) is 3.64. The van der Waals surface area contributed by atoms with Crippen LogP contribution in [0, 0.1) is 0 Å². The fourth-order valence-corrected chi connectivity index (χ4v) is 3.99. The lowest BCUT2D eigenvalue weighted by atomic mass is 10.0. The zero-order valence-corrected chi connectivity index (χ0v) is 14.5. The average molecular weight is 354 g/mol. The van der Waals surface area contributed by atoms with E-state index >= 15 is 0 Å². The first-order valence-electron chi connectivity index (χ1n) is 8.41. The molecule has 0 bridgehead atoms. The molecule has 0 unspecified atom stereocenters. The van der Waals surface area contributed by atoms with Crippen molar-refractivity contribution in [3.05, 3.63) is 47.4 Å². The first kappa shape index (κ1) is 16.0. The Labute approximate surface area is 149 Å².